The molecule has 0 fully saturated rings. The molecule has 1 heterocycles. The van der Waals surface area contributed by atoms with Crippen LogP contribution in [0, 0.1) is 5.82 Å². The minimum atomic E-state index is -0.484. The smallest absolute Gasteiger partial charge is 0.166 e. The van der Waals surface area contributed by atoms with Gasteiger partial charge in [0.1, 0.15) is 18.2 Å². The summed E-state index contributed by atoms with van der Waals surface area (Å²) in [6.07, 6.45) is 2.98. The first-order valence-corrected chi connectivity index (χ1v) is 5.17. The molecule has 17 heavy (non-hydrogen) atoms. The minimum absolute atomic E-state index is 0.0146. The molecule has 6 heteroatoms. The number of halogens is 2. The van der Waals surface area contributed by atoms with Crippen molar-refractivity contribution in [3.8, 4) is 5.75 Å². The van der Waals surface area contributed by atoms with Crippen LogP contribution in [0.3, 0.4) is 0 Å². The molecule has 4 nitrogen and oxygen atoms in total. The van der Waals surface area contributed by atoms with Gasteiger partial charge in [-0.2, -0.15) is 0 Å². The van der Waals surface area contributed by atoms with Crippen molar-refractivity contribution in [3.05, 3.63) is 47.3 Å². The molecule has 0 atom stereocenters. The number of benzene rings is 1. The summed E-state index contributed by atoms with van der Waals surface area (Å²) in [5, 5.41) is 0.0146. The average Bonchev–Trinajstić information content (AvgIpc) is 2.33. The Morgan fingerprint density at radius 1 is 1.29 bits per heavy atom. The topological polar surface area (TPSA) is 61.0 Å². The zero-order valence-corrected chi connectivity index (χ0v) is 9.49. The molecular formula is C11H9ClFN3O. The van der Waals surface area contributed by atoms with Crippen molar-refractivity contribution in [2.45, 2.75) is 6.61 Å². The molecule has 2 aromatic rings. The molecule has 2 rings (SSSR count). The van der Waals surface area contributed by atoms with Gasteiger partial charge in [0.2, 0.25) is 0 Å². The van der Waals surface area contributed by atoms with Crippen LogP contribution in [0.2, 0.25) is 5.02 Å². The highest BCUT2D eigenvalue weighted by atomic mass is 35.5. The minimum Gasteiger partial charge on any atom is -0.486 e. The highest BCUT2D eigenvalue weighted by Crippen LogP contribution is 2.21. The number of rotatable bonds is 3. The summed E-state index contributed by atoms with van der Waals surface area (Å²) in [4.78, 5) is 7.93. The van der Waals surface area contributed by atoms with Gasteiger partial charge < -0.3 is 10.5 Å². The molecule has 0 aliphatic carbocycles. The van der Waals surface area contributed by atoms with Crippen LogP contribution < -0.4 is 10.5 Å². The maximum absolute atomic E-state index is 12.9. The lowest BCUT2D eigenvalue weighted by Crippen LogP contribution is -2.02. The molecule has 0 saturated heterocycles. The molecule has 88 valence electrons. The number of aromatic nitrogens is 2. The van der Waals surface area contributed by atoms with Gasteiger partial charge in [-0.25, -0.2) is 14.4 Å². The fourth-order valence-corrected chi connectivity index (χ4v) is 1.32. The molecule has 0 spiro atoms. The van der Waals surface area contributed by atoms with E-state index in [4.69, 9.17) is 22.1 Å². The van der Waals surface area contributed by atoms with Crippen LogP contribution in [0.15, 0.2) is 30.6 Å². The summed E-state index contributed by atoms with van der Waals surface area (Å²) in [6, 6.07) is 4.12. The van der Waals surface area contributed by atoms with Crippen molar-refractivity contribution < 1.29 is 9.13 Å². The van der Waals surface area contributed by atoms with Crippen molar-refractivity contribution in [1.82, 2.24) is 9.97 Å². The van der Waals surface area contributed by atoms with Gasteiger partial charge in [0.25, 0.3) is 0 Å². The first-order valence-electron chi connectivity index (χ1n) is 4.79. The van der Waals surface area contributed by atoms with Gasteiger partial charge in [-0.1, -0.05) is 11.6 Å². The van der Waals surface area contributed by atoms with Crippen LogP contribution >= 0.6 is 11.6 Å². The van der Waals surface area contributed by atoms with Gasteiger partial charge in [0, 0.05) is 6.07 Å². The Morgan fingerprint density at radius 2 is 2.00 bits per heavy atom. The van der Waals surface area contributed by atoms with Crippen LogP contribution in [0.5, 0.6) is 5.75 Å². The summed E-state index contributed by atoms with van der Waals surface area (Å²) in [5.74, 6) is 0.458. The first-order chi connectivity index (χ1) is 8.15. The average molecular weight is 254 g/mol. The quantitative estimate of drug-likeness (QED) is 0.913. The highest BCUT2D eigenvalue weighted by Gasteiger charge is 2.03. The lowest BCUT2D eigenvalue weighted by molar-refractivity contribution is 0.295. The Morgan fingerprint density at radius 3 is 2.65 bits per heavy atom. The standard InChI is InChI=1S/C11H9ClFN3O/c12-9-3-8(1-2-10(9)13)17-6-11-15-4-7(14)5-16-11/h1-5H,6,14H2. The predicted octanol–water partition coefficient (Wildman–Crippen LogP) is 2.43. The summed E-state index contributed by atoms with van der Waals surface area (Å²) in [7, 11) is 0. The Kier molecular flexibility index (Phi) is 3.39. The highest BCUT2D eigenvalue weighted by molar-refractivity contribution is 6.30. The number of nitrogens with zero attached hydrogens (tertiary/aromatic N) is 2. The van der Waals surface area contributed by atoms with Gasteiger partial charge in [-0.05, 0) is 12.1 Å². The van der Waals surface area contributed by atoms with E-state index in [0.29, 0.717) is 17.3 Å². The first kappa shape index (κ1) is 11.6. The van der Waals surface area contributed by atoms with E-state index in [1.54, 1.807) is 0 Å². The van der Waals surface area contributed by atoms with Gasteiger partial charge in [-0.15, -0.1) is 0 Å². The molecule has 0 radical (unpaired) electrons. The normalized spacial score (nSPS) is 10.2. The van der Waals surface area contributed by atoms with Crippen LogP contribution in [-0.4, -0.2) is 9.97 Å². The van der Waals surface area contributed by atoms with Crippen molar-refractivity contribution in [3.63, 3.8) is 0 Å². The van der Waals surface area contributed by atoms with Crippen LogP contribution in [0.25, 0.3) is 0 Å². The SMILES string of the molecule is Nc1cnc(COc2ccc(F)c(Cl)c2)nc1. The fraction of sp³-hybridized carbons (Fsp3) is 0.0909. The zero-order valence-electron chi connectivity index (χ0n) is 8.73. The largest absolute Gasteiger partial charge is 0.486 e. The van der Waals surface area contributed by atoms with Crippen molar-refractivity contribution in [2.24, 2.45) is 0 Å². The third-order valence-electron chi connectivity index (χ3n) is 1.98. The fourth-order valence-electron chi connectivity index (χ4n) is 1.15. The van der Waals surface area contributed by atoms with Gasteiger partial charge in [0.05, 0.1) is 23.1 Å². The maximum atomic E-state index is 12.9. The second-order valence-corrected chi connectivity index (χ2v) is 3.70. The summed E-state index contributed by atoms with van der Waals surface area (Å²) in [6.45, 7) is 0.169. The third kappa shape index (κ3) is 3.04. The van der Waals surface area contributed by atoms with Crippen molar-refractivity contribution >= 4 is 17.3 Å². The van der Waals surface area contributed by atoms with Crippen LogP contribution in [-0.2, 0) is 6.61 Å². The molecule has 0 amide bonds. The van der Waals surface area contributed by atoms with Crippen LogP contribution in [0.1, 0.15) is 5.82 Å². The van der Waals surface area contributed by atoms with E-state index in [1.807, 2.05) is 0 Å². The predicted molar refractivity (Wildman–Crippen MR) is 62.2 cm³/mol. The van der Waals surface area contributed by atoms with Crippen LogP contribution in [0.4, 0.5) is 10.1 Å². The maximum Gasteiger partial charge on any atom is 0.166 e. The lowest BCUT2D eigenvalue weighted by Gasteiger charge is -2.05. The summed E-state index contributed by atoms with van der Waals surface area (Å²) in [5.41, 5.74) is 5.93. The van der Waals surface area contributed by atoms with Gasteiger partial charge in [-0.3, -0.25) is 0 Å². The molecule has 0 bridgehead atoms. The van der Waals surface area contributed by atoms with E-state index < -0.39 is 5.82 Å². The number of hydrogen-bond donors (Lipinski definition) is 1. The number of nitrogens with two attached hydrogens (primary N) is 1. The third-order valence-corrected chi connectivity index (χ3v) is 2.27. The number of hydrogen-bond acceptors (Lipinski definition) is 4. The summed E-state index contributed by atoms with van der Waals surface area (Å²) >= 11 is 5.61. The van der Waals surface area contributed by atoms with E-state index in [0.717, 1.165) is 0 Å². The number of anilines is 1. The molecule has 0 aliphatic heterocycles. The second kappa shape index (κ2) is 4.97. The Hall–Kier alpha value is -1.88. The second-order valence-electron chi connectivity index (χ2n) is 3.30. The van der Waals surface area contributed by atoms with E-state index in [1.165, 1.54) is 30.6 Å². The molecule has 1 aromatic carbocycles. The molecule has 0 saturated carbocycles. The molecule has 0 aliphatic rings. The molecule has 1 aromatic heterocycles. The monoisotopic (exact) mass is 253 g/mol. The van der Waals surface area contributed by atoms with Crippen molar-refractivity contribution in [2.75, 3.05) is 5.73 Å². The molecular weight excluding hydrogens is 245 g/mol. The van der Waals surface area contributed by atoms with Gasteiger partial charge >= 0.3 is 0 Å². The van der Waals surface area contributed by atoms with E-state index in [-0.39, 0.29) is 11.6 Å². The van der Waals surface area contributed by atoms with E-state index in [9.17, 15) is 4.39 Å². The summed E-state index contributed by atoms with van der Waals surface area (Å²) < 4.78 is 18.2. The Bertz CT molecular complexity index is 519. The molecule has 2 N–H and O–H groups in total. The number of ether oxygens (including phenoxy) is 1. The zero-order chi connectivity index (χ0) is 12.3. The Labute approximate surface area is 102 Å². The van der Waals surface area contributed by atoms with Gasteiger partial charge in [0.15, 0.2) is 5.82 Å². The van der Waals surface area contributed by atoms with Crippen molar-refractivity contribution in [1.29, 1.82) is 0 Å². The molecule has 0 unspecified atom stereocenters. The van der Waals surface area contributed by atoms with E-state index in [2.05, 4.69) is 9.97 Å². The number of nitrogen functional groups attached to an aromatic ring is 1. The van der Waals surface area contributed by atoms with E-state index >= 15 is 0 Å². The Balaban J connectivity index is 2.02. The lowest BCUT2D eigenvalue weighted by atomic mass is 10.3.